The second-order valence-electron chi connectivity index (χ2n) is 5.56. The first-order valence-electron chi connectivity index (χ1n) is 7.00. The van der Waals surface area contributed by atoms with Crippen LogP contribution in [0.15, 0.2) is 18.2 Å². The van der Waals surface area contributed by atoms with E-state index in [0.29, 0.717) is 12.1 Å². The first-order chi connectivity index (χ1) is 8.95. The highest BCUT2D eigenvalue weighted by molar-refractivity contribution is 7.98. The standard InChI is InChI=1S/C16H28N2S/c1-12(2)17-10-15-7-8-16(9-13(15)3)18(5)14(4)11-19-6/h7-9,12,14,17H,10-11H2,1-6H3. The quantitative estimate of drug-likeness (QED) is 0.820. The highest BCUT2D eigenvalue weighted by atomic mass is 32.2. The third-order valence-electron chi connectivity index (χ3n) is 3.50. The Morgan fingerprint density at radius 2 is 1.95 bits per heavy atom. The zero-order valence-corrected chi connectivity index (χ0v) is 14.0. The Labute approximate surface area is 123 Å². The molecule has 0 spiro atoms. The minimum absolute atomic E-state index is 0.531. The molecule has 0 aliphatic heterocycles. The molecule has 1 atom stereocenters. The van der Waals surface area contributed by atoms with Crippen molar-refractivity contribution in [3.63, 3.8) is 0 Å². The lowest BCUT2D eigenvalue weighted by Crippen LogP contribution is -2.30. The highest BCUT2D eigenvalue weighted by Gasteiger charge is 2.10. The van der Waals surface area contributed by atoms with E-state index in [0.717, 1.165) is 12.3 Å². The second kappa shape index (κ2) is 7.81. The molecule has 1 aromatic carbocycles. The van der Waals surface area contributed by atoms with Crippen molar-refractivity contribution >= 4 is 17.4 Å². The molecule has 0 bridgehead atoms. The Morgan fingerprint density at radius 1 is 1.26 bits per heavy atom. The van der Waals surface area contributed by atoms with Crippen molar-refractivity contribution < 1.29 is 0 Å². The molecule has 1 unspecified atom stereocenters. The average molecular weight is 280 g/mol. The van der Waals surface area contributed by atoms with Crippen molar-refractivity contribution in [2.24, 2.45) is 0 Å². The Bertz CT molecular complexity index is 390. The van der Waals surface area contributed by atoms with Gasteiger partial charge in [0.25, 0.3) is 0 Å². The summed E-state index contributed by atoms with van der Waals surface area (Å²) in [5.41, 5.74) is 4.07. The average Bonchev–Trinajstić information content (AvgIpc) is 2.36. The number of anilines is 1. The lowest BCUT2D eigenvalue weighted by atomic mass is 10.1. The van der Waals surface area contributed by atoms with Crippen molar-refractivity contribution in [3.8, 4) is 0 Å². The van der Waals surface area contributed by atoms with Crippen molar-refractivity contribution in [1.82, 2.24) is 5.32 Å². The SMILES string of the molecule is CSCC(C)N(C)c1ccc(CNC(C)C)c(C)c1. The van der Waals surface area contributed by atoms with Gasteiger partial charge in [-0.1, -0.05) is 19.9 Å². The van der Waals surface area contributed by atoms with Crippen LogP contribution in [0.1, 0.15) is 31.9 Å². The molecule has 1 N–H and O–H groups in total. The summed E-state index contributed by atoms with van der Waals surface area (Å²) >= 11 is 1.90. The van der Waals surface area contributed by atoms with E-state index in [4.69, 9.17) is 0 Å². The molecule has 3 heteroatoms. The van der Waals surface area contributed by atoms with Crippen LogP contribution in [0.25, 0.3) is 0 Å². The summed E-state index contributed by atoms with van der Waals surface area (Å²) in [7, 11) is 2.18. The van der Waals surface area contributed by atoms with Gasteiger partial charge in [-0.3, -0.25) is 0 Å². The van der Waals surface area contributed by atoms with Gasteiger partial charge in [0.05, 0.1) is 0 Å². The minimum Gasteiger partial charge on any atom is -0.371 e. The third kappa shape index (κ3) is 5.07. The largest absolute Gasteiger partial charge is 0.371 e. The maximum absolute atomic E-state index is 3.48. The molecule has 0 heterocycles. The summed E-state index contributed by atoms with van der Waals surface area (Å²) in [4.78, 5) is 2.36. The fraction of sp³-hybridized carbons (Fsp3) is 0.625. The highest BCUT2D eigenvalue weighted by Crippen LogP contribution is 2.21. The van der Waals surface area contributed by atoms with Gasteiger partial charge in [0.2, 0.25) is 0 Å². The van der Waals surface area contributed by atoms with E-state index >= 15 is 0 Å². The van der Waals surface area contributed by atoms with Crippen molar-refractivity contribution in [2.45, 2.75) is 46.3 Å². The van der Waals surface area contributed by atoms with E-state index in [1.54, 1.807) is 0 Å². The van der Waals surface area contributed by atoms with Gasteiger partial charge in [-0.2, -0.15) is 11.8 Å². The van der Waals surface area contributed by atoms with Gasteiger partial charge in [0, 0.05) is 37.1 Å². The summed E-state index contributed by atoms with van der Waals surface area (Å²) in [5.74, 6) is 1.16. The second-order valence-corrected chi connectivity index (χ2v) is 6.47. The topological polar surface area (TPSA) is 15.3 Å². The number of thioether (sulfide) groups is 1. The molecule has 0 amide bonds. The molecule has 1 aromatic rings. The maximum atomic E-state index is 3.48. The summed E-state index contributed by atoms with van der Waals surface area (Å²) in [5, 5.41) is 3.48. The van der Waals surface area contributed by atoms with E-state index in [2.05, 4.69) is 69.4 Å². The predicted molar refractivity (Wildman–Crippen MR) is 89.4 cm³/mol. The van der Waals surface area contributed by atoms with Crippen molar-refractivity contribution in [2.75, 3.05) is 24.0 Å². The van der Waals surface area contributed by atoms with Crippen LogP contribution < -0.4 is 10.2 Å². The van der Waals surface area contributed by atoms with Crippen LogP contribution in [0.2, 0.25) is 0 Å². The number of rotatable bonds is 7. The molecule has 1 rings (SSSR count). The molecule has 0 saturated heterocycles. The molecule has 2 nitrogen and oxygen atoms in total. The molecule has 0 saturated carbocycles. The van der Waals surface area contributed by atoms with E-state index in [1.807, 2.05) is 11.8 Å². The van der Waals surface area contributed by atoms with Crippen LogP contribution in [-0.2, 0) is 6.54 Å². The molecular formula is C16H28N2S. The van der Waals surface area contributed by atoms with Gasteiger partial charge in [0.1, 0.15) is 0 Å². The molecule has 0 radical (unpaired) electrons. The van der Waals surface area contributed by atoms with Crippen LogP contribution in [0.4, 0.5) is 5.69 Å². The number of aryl methyl sites for hydroxylation is 1. The predicted octanol–water partition coefficient (Wildman–Crippen LogP) is 3.68. The zero-order valence-electron chi connectivity index (χ0n) is 13.2. The van der Waals surface area contributed by atoms with Crippen LogP contribution in [-0.4, -0.2) is 31.1 Å². The lowest BCUT2D eigenvalue weighted by molar-refractivity contribution is 0.587. The fourth-order valence-corrected chi connectivity index (χ4v) is 2.73. The summed E-state index contributed by atoms with van der Waals surface area (Å²) in [6.07, 6.45) is 2.16. The smallest absolute Gasteiger partial charge is 0.0369 e. The van der Waals surface area contributed by atoms with Crippen molar-refractivity contribution in [3.05, 3.63) is 29.3 Å². The van der Waals surface area contributed by atoms with Crippen molar-refractivity contribution in [1.29, 1.82) is 0 Å². The van der Waals surface area contributed by atoms with Gasteiger partial charge >= 0.3 is 0 Å². The monoisotopic (exact) mass is 280 g/mol. The molecule has 19 heavy (non-hydrogen) atoms. The maximum Gasteiger partial charge on any atom is 0.0369 e. The number of hydrogen-bond donors (Lipinski definition) is 1. The summed E-state index contributed by atoms with van der Waals surface area (Å²) in [6.45, 7) is 9.80. The minimum atomic E-state index is 0.531. The Morgan fingerprint density at radius 3 is 2.47 bits per heavy atom. The van der Waals surface area contributed by atoms with Crippen LogP contribution in [0.3, 0.4) is 0 Å². The van der Waals surface area contributed by atoms with Gasteiger partial charge in [0.15, 0.2) is 0 Å². The number of nitrogens with zero attached hydrogens (tertiary/aromatic N) is 1. The fourth-order valence-electron chi connectivity index (χ4n) is 2.02. The van der Waals surface area contributed by atoms with Crippen LogP contribution in [0, 0.1) is 6.92 Å². The van der Waals surface area contributed by atoms with Gasteiger partial charge in [-0.05, 0) is 43.4 Å². The molecule has 0 aromatic heterocycles. The molecule has 0 aliphatic carbocycles. The van der Waals surface area contributed by atoms with E-state index in [-0.39, 0.29) is 0 Å². The Balaban J connectivity index is 2.75. The van der Waals surface area contributed by atoms with E-state index < -0.39 is 0 Å². The Hall–Kier alpha value is -0.670. The number of hydrogen-bond acceptors (Lipinski definition) is 3. The normalized spacial score (nSPS) is 12.8. The number of benzene rings is 1. The molecule has 108 valence electrons. The number of nitrogens with one attached hydrogen (secondary N) is 1. The summed E-state index contributed by atoms with van der Waals surface area (Å²) in [6, 6.07) is 7.88. The summed E-state index contributed by atoms with van der Waals surface area (Å²) < 4.78 is 0. The van der Waals surface area contributed by atoms with Crippen LogP contribution >= 0.6 is 11.8 Å². The van der Waals surface area contributed by atoms with Gasteiger partial charge in [-0.25, -0.2) is 0 Å². The van der Waals surface area contributed by atoms with Crippen LogP contribution in [0.5, 0.6) is 0 Å². The molecular weight excluding hydrogens is 252 g/mol. The first kappa shape index (κ1) is 16.4. The Kier molecular flexibility index (Phi) is 6.73. The lowest BCUT2D eigenvalue weighted by Gasteiger charge is -2.27. The van der Waals surface area contributed by atoms with Gasteiger partial charge < -0.3 is 10.2 Å². The van der Waals surface area contributed by atoms with E-state index in [9.17, 15) is 0 Å². The third-order valence-corrected chi connectivity index (χ3v) is 4.32. The molecule has 0 aliphatic rings. The van der Waals surface area contributed by atoms with E-state index in [1.165, 1.54) is 16.8 Å². The van der Waals surface area contributed by atoms with Gasteiger partial charge in [-0.15, -0.1) is 0 Å². The first-order valence-corrected chi connectivity index (χ1v) is 8.39. The molecule has 0 fully saturated rings. The zero-order chi connectivity index (χ0) is 14.4.